The zero-order valence-electron chi connectivity index (χ0n) is 14.6. The van der Waals surface area contributed by atoms with Gasteiger partial charge in [0.05, 0.1) is 0 Å². The average molecular weight is 386 g/mol. The fourth-order valence-electron chi connectivity index (χ4n) is 4.01. The van der Waals surface area contributed by atoms with Gasteiger partial charge in [-0.25, -0.2) is 9.97 Å². The first kappa shape index (κ1) is 17.9. The minimum atomic E-state index is -0.482. The Morgan fingerprint density at radius 1 is 1.07 bits per heavy atom. The van der Waals surface area contributed by atoms with Gasteiger partial charge < -0.3 is 16.0 Å². The molecule has 2 heterocycles. The van der Waals surface area contributed by atoms with Crippen LogP contribution in [0.4, 0.5) is 5.69 Å². The number of anilines is 1. The molecule has 1 aliphatic heterocycles. The Bertz CT molecular complexity index is 873. The van der Waals surface area contributed by atoms with Crippen molar-refractivity contribution in [1.82, 2.24) is 14.9 Å². The second-order valence-electron chi connectivity index (χ2n) is 7.09. The van der Waals surface area contributed by atoms with E-state index in [1.165, 1.54) is 12.4 Å². The summed E-state index contributed by atoms with van der Waals surface area (Å²) in [6, 6.07) is 6.85. The van der Waals surface area contributed by atoms with Crippen molar-refractivity contribution in [3.63, 3.8) is 0 Å². The van der Waals surface area contributed by atoms with Crippen LogP contribution in [-0.2, 0) is 0 Å². The van der Waals surface area contributed by atoms with Crippen molar-refractivity contribution in [1.29, 1.82) is 0 Å². The maximum Gasteiger partial charge on any atom is 0.276 e. The molecule has 3 atom stereocenters. The number of likely N-dealkylation sites (tertiary alicyclic amines) is 1. The summed E-state index contributed by atoms with van der Waals surface area (Å²) < 4.78 is 0. The summed E-state index contributed by atoms with van der Waals surface area (Å²) in [5, 5.41) is 3.30. The molecule has 2 amide bonds. The number of hydrogen-bond acceptors (Lipinski definition) is 5. The van der Waals surface area contributed by atoms with Crippen molar-refractivity contribution in [3.05, 3.63) is 53.1 Å². The number of aromatic nitrogens is 2. The number of nitrogens with two attached hydrogens (primary N) is 1. The molecule has 3 unspecified atom stereocenters. The highest BCUT2D eigenvalue weighted by Gasteiger charge is 2.43. The third-order valence-electron chi connectivity index (χ3n) is 5.42. The molecule has 7 nitrogen and oxygen atoms in total. The topological polar surface area (TPSA) is 101 Å². The first-order valence-electron chi connectivity index (χ1n) is 8.95. The molecule has 2 aliphatic rings. The van der Waals surface area contributed by atoms with Crippen molar-refractivity contribution in [2.24, 2.45) is 17.6 Å². The van der Waals surface area contributed by atoms with Gasteiger partial charge in [-0.2, -0.15) is 0 Å². The van der Waals surface area contributed by atoms with E-state index in [2.05, 4.69) is 15.3 Å². The van der Waals surface area contributed by atoms with Crippen LogP contribution >= 0.6 is 11.6 Å². The lowest BCUT2D eigenvalue weighted by Gasteiger charge is -2.19. The van der Waals surface area contributed by atoms with Crippen LogP contribution in [-0.4, -0.2) is 45.8 Å². The summed E-state index contributed by atoms with van der Waals surface area (Å²) in [6.07, 6.45) is 4.88. The minimum Gasteiger partial charge on any atom is -0.337 e. The highest BCUT2D eigenvalue weighted by Crippen LogP contribution is 2.37. The monoisotopic (exact) mass is 385 g/mol. The Kier molecular flexibility index (Phi) is 4.80. The van der Waals surface area contributed by atoms with Crippen LogP contribution in [0.2, 0.25) is 5.02 Å². The average Bonchev–Trinajstić information content (AvgIpc) is 3.25. The summed E-state index contributed by atoms with van der Waals surface area (Å²) in [5.41, 5.74) is 6.80. The number of halogens is 1. The standard InChI is InChI=1S/C19H20ClN5O2/c20-12-2-4-13(5-3-12)24-18(26)16-17(23-8-7-22-16)19(27)25-9-11-1-6-15(21)14(11)10-25/h2-5,7-8,11,14-15H,1,6,9-10,21H2,(H,24,26). The van der Waals surface area contributed by atoms with Gasteiger partial charge in [-0.1, -0.05) is 11.6 Å². The summed E-state index contributed by atoms with van der Waals surface area (Å²) in [4.78, 5) is 35.6. The molecule has 27 heavy (non-hydrogen) atoms. The number of carbonyl (C=O) groups excluding carboxylic acids is 2. The van der Waals surface area contributed by atoms with E-state index in [-0.39, 0.29) is 23.3 Å². The lowest BCUT2D eigenvalue weighted by atomic mass is 9.98. The molecule has 140 valence electrons. The smallest absolute Gasteiger partial charge is 0.276 e. The number of rotatable bonds is 3. The van der Waals surface area contributed by atoms with Gasteiger partial charge in [0.2, 0.25) is 0 Å². The van der Waals surface area contributed by atoms with Crippen LogP contribution in [0.25, 0.3) is 0 Å². The molecule has 0 bridgehead atoms. The van der Waals surface area contributed by atoms with E-state index in [1.807, 2.05) is 0 Å². The van der Waals surface area contributed by atoms with Crippen LogP contribution in [0.3, 0.4) is 0 Å². The maximum atomic E-state index is 13.0. The zero-order valence-corrected chi connectivity index (χ0v) is 15.4. The normalized spacial score (nSPS) is 23.9. The van der Waals surface area contributed by atoms with Gasteiger partial charge in [0.1, 0.15) is 0 Å². The minimum absolute atomic E-state index is 0.0128. The maximum absolute atomic E-state index is 13.0. The Labute approximate surface area is 161 Å². The zero-order chi connectivity index (χ0) is 19.0. The SMILES string of the molecule is NC1CCC2CN(C(=O)c3nccnc3C(=O)Nc3ccc(Cl)cc3)CC12. The summed E-state index contributed by atoms with van der Waals surface area (Å²) >= 11 is 5.86. The summed E-state index contributed by atoms with van der Waals surface area (Å²) in [5.74, 6) is 0.0137. The largest absolute Gasteiger partial charge is 0.337 e. The highest BCUT2D eigenvalue weighted by atomic mass is 35.5. The number of benzene rings is 1. The number of fused-ring (bicyclic) bond motifs is 1. The van der Waals surface area contributed by atoms with E-state index in [1.54, 1.807) is 29.2 Å². The van der Waals surface area contributed by atoms with Crippen molar-refractivity contribution in [3.8, 4) is 0 Å². The van der Waals surface area contributed by atoms with E-state index >= 15 is 0 Å². The molecule has 1 aromatic carbocycles. The number of nitrogens with zero attached hydrogens (tertiary/aromatic N) is 3. The summed E-state index contributed by atoms with van der Waals surface area (Å²) in [7, 11) is 0. The van der Waals surface area contributed by atoms with Crippen molar-refractivity contribution < 1.29 is 9.59 Å². The first-order chi connectivity index (χ1) is 13.0. The third kappa shape index (κ3) is 3.52. The van der Waals surface area contributed by atoms with Crippen molar-refractivity contribution in [2.45, 2.75) is 18.9 Å². The third-order valence-corrected chi connectivity index (χ3v) is 5.67. The molecule has 8 heteroatoms. The van der Waals surface area contributed by atoms with Gasteiger partial charge in [-0.15, -0.1) is 0 Å². The molecule has 1 saturated heterocycles. The Hall–Kier alpha value is -2.51. The van der Waals surface area contributed by atoms with Crippen LogP contribution in [0, 0.1) is 11.8 Å². The van der Waals surface area contributed by atoms with E-state index in [0.717, 1.165) is 12.8 Å². The molecule has 1 saturated carbocycles. The lowest BCUT2D eigenvalue weighted by molar-refractivity contribution is 0.0767. The number of carbonyl (C=O) groups is 2. The second kappa shape index (κ2) is 7.25. The van der Waals surface area contributed by atoms with Gasteiger partial charge in [0, 0.05) is 42.2 Å². The molecule has 0 radical (unpaired) electrons. The van der Waals surface area contributed by atoms with Gasteiger partial charge in [-0.3, -0.25) is 9.59 Å². The molecule has 4 rings (SSSR count). The Morgan fingerprint density at radius 3 is 2.48 bits per heavy atom. The Morgan fingerprint density at radius 2 is 1.78 bits per heavy atom. The van der Waals surface area contributed by atoms with Crippen LogP contribution in [0.1, 0.15) is 33.8 Å². The predicted octanol–water partition coefficient (Wildman–Crippen LogP) is 2.19. The lowest BCUT2D eigenvalue weighted by Crippen LogP contribution is -2.35. The van der Waals surface area contributed by atoms with E-state index < -0.39 is 5.91 Å². The predicted molar refractivity (Wildman–Crippen MR) is 102 cm³/mol. The van der Waals surface area contributed by atoms with Crippen LogP contribution in [0.5, 0.6) is 0 Å². The second-order valence-corrected chi connectivity index (χ2v) is 7.53. The summed E-state index contributed by atoms with van der Waals surface area (Å²) in [6.45, 7) is 1.27. The number of hydrogen-bond donors (Lipinski definition) is 2. The first-order valence-corrected chi connectivity index (χ1v) is 9.33. The molecular weight excluding hydrogens is 366 g/mol. The van der Waals surface area contributed by atoms with Crippen molar-refractivity contribution in [2.75, 3.05) is 18.4 Å². The van der Waals surface area contributed by atoms with Gasteiger partial charge in [0.15, 0.2) is 11.4 Å². The Balaban J connectivity index is 1.53. The van der Waals surface area contributed by atoms with Crippen LogP contribution in [0.15, 0.2) is 36.7 Å². The molecule has 2 aromatic rings. The number of amides is 2. The van der Waals surface area contributed by atoms with Crippen LogP contribution < -0.4 is 11.1 Å². The van der Waals surface area contributed by atoms with E-state index in [0.29, 0.717) is 35.6 Å². The number of nitrogens with one attached hydrogen (secondary N) is 1. The van der Waals surface area contributed by atoms with Gasteiger partial charge in [0.25, 0.3) is 11.8 Å². The van der Waals surface area contributed by atoms with E-state index in [9.17, 15) is 9.59 Å². The molecular formula is C19H20ClN5O2. The molecule has 1 aromatic heterocycles. The fraction of sp³-hybridized carbons (Fsp3) is 0.368. The van der Waals surface area contributed by atoms with Crippen molar-refractivity contribution >= 4 is 29.1 Å². The highest BCUT2D eigenvalue weighted by molar-refractivity contribution is 6.30. The fourth-order valence-corrected chi connectivity index (χ4v) is 4.13. The molecule has 2 fully saturated rings. The van der Waals surface area contributed by atoms with Gasteiger partial charge >= 0.3 is 0 Å². The molecule has 3 N–H and O–H groups in total. The quantitative estimate of drug-likeness (QED) is 0.843. The molecule has 0 spiro atoms. The van der Waals surface area contributed by atoms with E-state index in [4.69, 9.17) is 17.3 Å². The van der Waals surface area contributed by atoms with Gasteiger partial charge in [-0.05, 0) is 48.9 Å². The molecule has 1 aliphatic carbocycles.